The monoisotopic (exact) mass is 440 g/mol. The Hall–Kier alpha value is -4.32. The average Bonchev–Trinajstić information content (AvgIpc) is 3.23. The van der Waals surface area contributed by atoms with Gasteiger partial charge in [-0.15, -0.1) is 0 Å². The molecule has 3 heterocycles. The van der Waals surface area contributed by atoms with Gasteiger partial charge in [-0.05, 0) is 56.2 Å². The summed E-state index contributed by atoms with van der Waals surface area (Å²) >= 11 is 0. The number of hydrogen-bond acceptors (Lipinski definition) is 7. The van der Waals surface area contributed by atoms with Gasteiger partial charge in [0.2, 0.25) is 11.6 Å². The predicted octanol–water partition coefficient (Wildman–Crippen LogP) is 3.78. The minimum absolute atomic E-state index is 0.0675. The summed E-state index contributed by atoms with van der Waals surface area (Å²) in [5.74, 6) is 0.461. The number of nitrogens with zero attached hydrogens (tertiary/aromatic N) is 6. The van der Waals surface area contributed by atoms with E-state index in [0.717, 1.165) is 23.2 Å². The van der Waals surface area contributed by atoms with E-state index in [1.54, 1.807) is 18.3 Å². The molecule has 0 unspecified atom stereocenters. The quantitative estimate of drug-likeness (QED) is 0.448. The van der Waals surface area contributed by atoms with Crippen molar-refractivity contribution >= 4 is 28.6 Å². The number of rotatable bonds is 7. The van der Waals surface area contributed by atoms with Crippen molar-refractivity contribution in [3.05, 3.63) is 71.3 Å². The van der Waals surface area contributed by atoms with Crippen LogP contribution in [0.25, 0.3) is 11.2 Å². The Bertz CT molecular complexity index is 1340. The van der Waals surface area contributed by atoms with E-state index >= 15 is 0 Å². The number of pyridine rings is 1. The largest absolute Gasteiger partial charge is 0.362 e. The van der Waals surface area contributed by atoms with Gasteiger partial charge in [-0.1, -0.05) is 6.07 Å². The van der Waals surface area contributed by atoms with Crippen molar-refractivity contribution in [2.75, 3.05) is 10.6 Å². The molecule has 0 aliphatic rings. The van der Waals surface area contributed by atoms with Crippen LogP contribution in [0.1, 0.15) is 42.3 Å². The molecule has 0 spiro atoms. The Balaban J connectivity index is 1.45. The first-order valence-electron chi connectivity index (χ1n) is 10.7. The number of aryl methyl sites for hydroxylation is 2. The molecule has 1 aromatic carbocycles. The number of anilines is 2. The summed E-state index contributed by atoms with van der Waals surface area (Å²) < 4.78 is 1.81. The lowest BCUT2D eigenvalue weighted by Gasteiger charge is -2.18. The van der Waals surface area contributed by atoms with Crippen LogP contribution in [0, 0.1) is 18.3 Å². The molecule has 1 atom stereocenters. The molecule has 33 heavy (non-hydrogen) atoms. The highest BCUT2D eigenvalue weighted by atomic mass is 16.1. The minimum atomic E-state index is -0.176. The van der Waals surface area contributed by atoms with Gasteiger partial charge in [-0.25, -0.2) is 9.97 Å². The van der Waals surface area contributed by atoms with Gasteiger partial charge in [0.1, 0.15) is 17.4 Å². The molecule has 2 N–H and O–H groups in total. The molecular formula is C24H24N8O. The fourth-order valence-electron chi connectivity index (χ4n) is 3.53. The van der Waals surface area contributed by atoms with Crippen LogP contribution in [0.2, 0.25) is 0 Å². The zero-order chi connectivity index (χ0) is 23.4. The molecular weight excluding hydrogens is 416 g/mol. The van der Waals surface area contributed by atoms with Crippen LogP contribution in [0.5, 0.6) is 0 Å². The van der Waals surface area contributed by atoms with Crippen molar-refractivity contribution in [2.45, 2.75) is 39.8 Å². The smallest absolute Gasteiger partial charge is 0.230 e. The highest BCUT2D eigenvalue weighted by Gasteiger charge is 2.13. The summed E-state index contributed by atoms with van der Waals surface area (Å²) in [7, 11) is 0. The first kappa shape index (κ1) is 21.9. The highest BCUT2D eigenvalue weighted by Crippen LogP contribution is 2.25. The Morgan fingerprint density at radius 1 is 1.21 bits per heavy atom. The molecule has 4 rings (SSSR count). The maximum absolute atomic E-state index is 12.5. The zero-order valence-electron chi connectivity index (χ0n) is 18.7. The van der Waals surface area contributed by atoms with Gasteiger partial charge in [0, 0.05) is 24.1 Å². The Kier molecular flexibility index (Phi) is 6.26. The maximum atomic E-state index is 12.5. The van der Waals surface area contributed by atoms with Crippen LogP contribution in [-0.2, 0) is 17.8 Å². The van der Waals surface area contributed by atoms with Crippen molar-refractivity contribution in [1.29, 1.82) is 5.26 Å². The van der Waals surface area contributed by atoms with Crippen LogP contribution in [-0.4, -0.2) is 30.6 Å². The third-order valence-corrected chi connectivity index (χ3v) is 5.29. The Morgan fingerprint density at radius 3 is 2.79 bits per heavy atom. The molecule has 166 valence electrons. The molecule has 9 heteroatoms. The topological polar surface area (TPSA) is 121 Å². The zero-order valence-corrected chi connectivity index (χ0v) is 18.7. The molecule has 0 fully saturated rings. The number of fused-ring (bicyclic) bond motifs is 1. The Morgan fingerprint density at radius 2 is 2.06 bits per heavy atom. The van der Waals surface area contributed by atoms with E-state index < -0.39 is 0 Å². The van der Waals surface area contributed by atoms with Crippen LogP contribution in [0.15, 0.2) is 48.9 Å². The molecule has 0 saturated heterocycles. The van der Waals surface area contributed by atoms with Gasteiger partial charge in [-0.3, -0.25) is 14.5 Å². The number of aromatic nitrogens is 5. The molecule has 3 aromatic heterocycles. The van der Waals surface area contributed by atoms with Crippen LogP contribution >= 0.6 is 0 Å². The highest BCUT2D eigenvalue weighted by molar-refractivity contribution is 5.92. The number of hydrogen-bond donors (Lipinski definition) is 2. The van der Waals surface area contributed by atoms with Gasteiger partial charge < -0.3 is 10.6 Å². The second kappa shape index (κ2) is 9.44. The molecule has 0 aliphatic heterocycles. The molecule has 0 aliphatic carbocycles. The van der Waals surface area contributed by atoms with Crippen LogP contribution < -0.4 is 10.6 Å². The second-order valence-corrected chi connectivity index (χ2v) is 7.76. The summed E-state index contributed by atoms with van der Waals surface area (Å²) in [6.45, 7) is 6.83. The number of carbonyl (C=O) groups is 1. The number of nitrogens with one attached hydrogen (secondary N) is 2. The van der Waals surface area contributed by atoms with Crippen molar-refractivity contribution in [2.24, 2.45) is 0 Å². The minimum Gasteiger partial charge on any atom is -0.362 e. The normalized spacial score (nSPS) is 11.7. The van der Waals surface area contributed by atoms with Crippen molar-refractivity contribution in [3.8, 4) is 6.07 Å². The van der Waals surface area contributed by atoms with Crippen LogP contribution in [0.4, 0.5) is 11.5 Å². The summed E-state index contributed by atoms with van der Waals surface area (Å²) in [6.07, 6.45) is 5.17. The fourth-order valence-corrected chi connectivity index (χ4v) is 3.53. The average molecular weight is 441 g/mol. The summed E-state index contributed by atoms with van der Waals surface area (Å²) in [5, 5.41) is 19.6. The number of carbonyl (C=O) groups excluding carboxylic acids is 1. The fraction of sp³-hybridized carbons (Fsp3) is 0.250. The number of amides is 1. The lowest BCUT2D eigenvalue weighted by atomic mass is 10.0. The third kappa shape index (κ3) is 5.13. The van der Waals surface area contributed by atoms with Crippen LogP contribution in [0.3, 0.4) is 0 Å². The summed E-state index contributed by atoms with van der Waals surface area (Å²) in [5.41, 5.74) is 5.25. The molecule has 0 saturated carbocycles. The first-order chi connectivity index (χ1) is 15.9. The molecule has 9 nitrogen and oxygen atoms in total. The van der Waals surface area contributed by atoms with Gasteiger partial charge in [-0.2, -0.15) is 10.4 Å². The van der Waals surface area contributed by atoms with E-state index in [1.165, 1.54) is 6.20 Å². The number of nitriles is 1. The number of benzene rings is 1. The summed E-state index contributed by atoms with van der Waals surface area (Å²) in [6, 6.07) is 11.1. The lowest BCUT2D eigenvalue weighted by molar-refractivity contribution is -0.115. The van der Waals surface area contributed by atoms with E-state index in [0.29, 0.717) is 28.4 Å². The predicted molar refractivity (Wildman–Crippen MR) is 125 cm³/mol. The van der Waals surface area contributed by atoms with E-state index in [9.17, 15) is 4.79 Å². The van der Waals surface area contributed by atoms with Crippen molar-refractivity contribution in [3.63, 3.8) is 0 Å². The van der Waals surface area contributed by atoms with Gasteiger partial charge in [0.05, 0.1) is 30.4 Å². The SMILES string of the molecule is CCn1cc2ncc(N[C@@H](C)c3cc(NC(=O)Cc4ccc(C#N)cn4)ccc3C)nc2n1. The molecule has 0 bridgehead atoms. The standard InChI is InChI=1S/C24H24N8O/c1-4-32-14-21-24(31-32)30-22(13-27-21)28-16(3)20-9-19(7-5-15(20)2)29-23(33)10-18-8-6-17(11-25)12-26-18/h5-9,12-14,16H,4,10H2,1-3H3,(H,29,33)(H,28,30,31)/t16-/m0/s1. The van der Waals surface area contributed by atoms with Gasteiger partial charge in [0.15, 0.2) is 0 Å². The molecule has 1 amide bonds. The van der Waals surface area contributed by atoms with E-state index in [2.05, 4.69) is 30.7 Å². The molecule has 4 aromatic rings. The van der Waals surface area contributed by atoms with E-state index in [1.807, 2.05) is 55.9 Å². The summed E-state index contributed by atoms with van der Waals surface area (Å²) in [4.78, 5) is 25.6. The first-order valence-corrected chi connectivity index (χ1v) is 10.7. The van der Waals surface area contributed by atoms with E-state index in [4.69, 9.17) is 5.26 Å². The Labute approximate surface area is 191 Å². The molecule has 0 radical (unpaired) electrons. The second-order valence-electron chi connectivity index (χ2n) is 7.76. The van der Waals surface area contributed by atoms with Gasteiger partial charge in [0.25, 0.3) is 0 Å². The van der Waals surface area contributed by atoms with Gasteiger partial charge >= 0.3 is 0 Å². The maximum Gasteiger partial charge on any atom is 0.230 e. The van der Waals surface area contributed by atoms with Crippen molar-refractivity contribution < 1.29 is 4.79 Å². The van der Waals surface area contributed by atoms with Crippen molar-refractivity contribution in [1.82, 2.24) is 24.7 Å². The van der Waals surface area contributed by atoms with E-state index in [-0.39, 0.29) is 18.4 Å². The third-order valence-electron chi connectivity index (χ3n) is 5.29. The lowest BCUT2D eigenvalue weighted by Crippen LogP contribution is -2.16.